The average molecular weight is 351 g/mol. The Labute approximate surface area is 138 Å². The average Bonchev–Trinajstić information content (AvgIpc) is 2.53. The molecule has 0 saturated carbocycles. The summed E-state index contributed by atoms with van der Waals surface area (Å²) in [5.41, 5.74) is 0. The van der Waals surface area contributed by atoms with Crippen LogP contribution in [0.15, 0.2) is 0 Å². The van der Waals surface area contributed by atoms with Crippen LogP contribution in [-0.4, -0.2) is 82.5 Å². The molecule has 0 aliphatic rings. The van der Waals surface area contributed by atoms with Gasteiger partial charge in [0.15, 0.2) is 5.78 Å². The smallest absolute Gasteiger partial charge is 0.245 e. The molecule has 3 atom stereocenters. The van der Waals surface area contributed by atoms with E-state index in [1.165, 1.54) is 0 Å². The van der Waals surface area contributed by atoms with Crippen molar-refractivity contribution in [1.29, 1.82) is 0 Å². The minimum atomic E-state index is -1.42. The molecule has 0 aromatic heterocycles. The topological polar surface area (TPSA) is 165 Å². The normalized spacial score (nSPS) is 14.3. The second-order valence-electron chi connectivity index (χ2n) is 4.56. The first-order valence-electron chi connectivity index (χ1n) is 6.64. The highest BCUT2D eigenvalue weighted by Gasteiger charge is 2.27. The Morgan fingerprint density at radius 1 is 0.826 bits per heavy atom. The molecule has 10 nitrogen and oxygen atoms in total. The van der Waals surface area contributed by atoms with Gasteiger partial charge in [-0.05, 0) is 6.92 Å². The van der Waals surface area contributed by atoms with Crippen LogP contribution < -0.4 is 16.0 Å². The molecule has 0 unspecified atom stereocenters. The maximum absolute atomic E-state index is 11.9. The highest BCUT2D eigenvalue weighted by Crippen LogP contribution is 1.92. The van der Waals surface area contributed by atoms with Gasteiger partial charge in [-0.25, -0.2) is 0 Å². The number of nitrogens with one attached hydrogen (secondary N) is 3. The third kappa shape index (κ3) is 7.41. The fourth-order valence-corrected chi connectivity index (χ4v) is 1.54. The molecule has 0 bridgehead atoms. The minimum absolute atomic E-state index is 0.204. The van der Waals surface area contributed by atoms with E-state index in [4.69, 9.17) is 15.3 Å². The number of carbonyl (C=O) groups is 4. The van der Waals surface area contributed by atoms with Gasteiger partial charge in [0, 0.05) is 0 Å². The molecular weight excluding hydrogens is 330 g/mol. The van der Waals surface area contributed by atoms with Gasteiger partial charge >= 0.3 is 0 Å². The summed E-state index contributed by atoms with van der Waals surface area (Å²) in [7, 11) is 0. The highest BCUT2D eigenvalue weighted by molar-refractivity contribution is 7.81. The van der Waals surface area contributed by atoms with Crippen molar-refractivity contribution in [2.75, 3.05) is 25.6 Å². The Morgan fingerprint density at radius 3 is 1.57 bits per heavy atom. The number of Topliss-reactive ketones (excluding diaryl/α,β-unsaturated/α-hetero) is 1. The summed E-state index contributed by atoms with van der Waals surface area (Å²) in [6.45, 7) is -0.989. The summed E-state index contributed by atoms with van der Waals surface area (Å²) in [5.74, 6) is -3.11. The van der Waals surface area contributed by atoms with E-state index in [1.54, 1.807) is 0 Å². The SMILES string of the molecule is CC(=O)[C@@H](CO)NC(=O)[C@H](CO)NC(=O)[C@H](CO)NC(=O)CS. The number of aliphatic hydroxyl groups excluding tert-OH is 3. The lowest BCUT2D eigenvalue weighted by Crippen LogP contribution is -2.58. The number of hydrogen-bond acceptors (Lipinski definition) is 8. The third-order valence-corrected chi connectivity index (χ3v) is 3.07. The van der Waals surface area contributed by atoms with Crippen molar-refractivity contribution in [3.8, 4) is 0 Å². The Hall–Kier alpha value is -1.69. The van der Waals surface area contributed by atoms with E-state index < -0.39 is 61.5 Å². The molecule has 0 rings (SSSR count). The largest absolute Gasteiger partial charge is 0.394 e. The van der Waals surface area contributed by atoms with Crippen molar-refractivity contribution in [3.05, 3.63) is 0 Å². The van der Waals surface area contributed by atoms with Gasteiger partial charge in [-0.1, -0.05) is 0 Å². The van der Waals surface area contributed by atoms with Gasteiger partial charge in [0.25, 0.3) is 0 Å². The van der Waals surface area contributed by atoms with E-state index in [1.807, 2.05) is 0 Å². The van der Waals surface area contributed by atoms with Crippen LogP contribution in [0.3, 0.4) is 0 Å². The van der Waals surface area contributed by atoms with E-state index in [0.29, 0.717) is 0 Å². The molecule has 0 radical (unpaired) electrons. The zero-order chi connectivity index (χ0) is 18.0. The van der Waals surface area contributed by atoms with Crippen molar-refractivity contribution in [2.24, 2.45) is 0 Å². The monoisotopic (exact) mass is 351 g/mol. The van der Waals surface area contributed by atoms with E-state index in [9.17, 15) is 19.2 Å². The predicted molar refractivity (Wildman–Crippen MR) is 81.6 cm³/mol. The fourth-order valence-electron chi connectivity index (χ4n) is 1.45. The van der Waals surface area contributed by atoms with Crippen LogP contribution in [0.2, 0.25) is 0 Å². The summed E-state index contributed by atoms with van der Waals surface area (Å²) >= 11 is 3.70. The summed E-state index contributed by atoms with van der Waals surface area (Å²) in [6, 6.07) is -3.90. The van der Waals surface area contributed by atoms with Gasteiger partial charge in [-0.3, -0.25) is 19.2 Å². The summed E-state index contributed by atoms with van der Waals surface area (Å²) in [6.07, 6.45) is 0. The van der Waals surface area contributed by atoms with Gasteiger partial charge < -0.3 is 31.3 Å². The van der Waals surface area contributed by atoms with Gasteiger partial charge in [-0.2, -0.15) is 12.6 Å². The highest BCUT2D eigenvalue weighted by atomic mass is 32.1. The number of aliphatic hydroxyl groups is 3. The zero-order valence-electron chi connectivity index (χ0n) is 12.5. The van der Waals surface area contributed by atoms with E-state index >= 15 is 0 Å². The molecule has 3 amide bonds. The van der Waals surface area contributed by atoms with Crippen LogP contribution in [0.5, 0.6) is 0 Å². The van der Waals surface area contributed by atoms with E-state index in [0.717, 1.165) is 6.92 Å². The Morgan fingerprint density at radius 2 is 1.22 bits per heavy atom. The Balaban J connectivity index is 4.78. The van der Waals surface area contributed by atoms with Crippen LogP contribution in [0, 0.1) is 0 Å². The summed E-state index contributed by atoms with van der Waals surface area (Å²) < 4.78 is 0. The number of hydrogen-bond donors (Lipinski definition) is 7. The molecular formula is C12H21N3O7S. The maximum Gasteiger partial charge on any atom is 0.245 e. The number of carbonyl (C=O) groups excluding carboxylic acids is 4. The Kier molecular flexibility index (Phi) is 10.1. The molecule has 132 valence electrons. The minimum Gasteiger partial charge on any atom is -0.394 e. The van der Waals surface area contributed by atoms with Gasteiger partial charge in [0.05, 0.1) is 25.6 Å². The number of ketones is 1. The molecule has 0 aromatic carbocycles. The first kappa shape index (κ1) is 21.3. The van der Waals surface area contributed by atoms with Crippen LogP contribution in [0.1, 0.15) is 6.92 Å². The molecule has 11 heteroatoms. The second-order valence-corrected chi connectivity index (χ2v) is 4.88. The lowest BCUT2D eigenvalue weighted by Gasteiger charge is -2.22. The quantitative estimate of drug-likeness (QED) is 0.197. The van der Waals surface area contributed by atoms with Gasteiger partial charge in [0.2, 0.25) is 17.7 Å². The van der Waals surface area contributed by atoms with Crippen molar-refractivity contribution in [1.82, 2.24) is 16.0 Å². The van der Waals surface area contributed by atoms with Crippen molar-refractivity contribution in [2.45, 2.75) is 25.0 Å². The summed E-state index contributed by atoms with van der Waals surface area (Å²) in [5, 5.41) is 33.7. The molecule has 0 aliphatic heterocycles. The molecule has 0 aromatic rings. The summed E-state index contributed by atoms with van der Waals surface area (Å²) in [4.78, 5) is 46.0. The number of thiol groups is 1. The lowest BCUT2D eigenvalue weighted by molar-refractivity contribution is -0.134. The maximum atomic E-state index is 11.9. The molecule has 0 heterocycles. The predicted octanol–water partition coefficient (Wildman–Crippen LogP) is -4.06. The molecule has 0 aliphatic carbocycles. The fraction of sp³-hybridized carbons (Fsp3) is 0.667. The van der Waals surface area contributed by atoms with Crippen LogP contribution in [-0.2, 0) is 19.2 Å². The van der Waals surface area contributed by atoms with E-state index in [-0.39, 0.29) is 5.75 Å². The Bertz CT molecular complexity index is 446. The number of rotatable bonds is 10. The van der Waals surface area contributed by atoms with Crippen molar-refractivity contribution >= 4 is 36.1 Å². The zero-order valence-corrected chi connectivity index (χ0v) is 13.4. The van der Waals surface area contributed by atoms with Crippen molar-refractivity contribution in [3.63, 3.8) is 0 Å². The van der Waals surface area contributed by atoms with E-state index in [2.05, 4.69) is 28.6 Å². The van der Waals surface area contributed by atoms with Gasteiger partial charge in [-0.15, -0.1) is 0 Å². The van der Waals surface area contributed by atoms with Crippen LogP contribution >= 0.6 is 12.6 Å². The molecule has 6 N–H and O–H groups in total. The van der Waals surface area contributed by atoms with Crippen LogP contribution in [0.25, 0.3) is 0 Å². The van der Waals surface area contributed by atoms with Crippen molar-refractivity contribution < 1.29 is 34.5 Å². The third-order valence-electron chi connectivity index (χ3n) is 2.78. The molecule has 0 spiro atoms. The lowest BCUT2D eigenvalue weighted by atomic mass is 10.2. The number of amides is 3. The molecule has 0 saturated heterocycles. The standard InChI is InChI=1S/C12H21N3O7S/c1-6(19)7(2-16)14-12(22)9(4-18)15-11(21)8(3-17)13-10(20)5-23/h7-9,16-18,23H,2-5H2,1H3,(H,13,20)(H,14,22)(H,15,21)/t7-,8+,9+/m1/s1. The molecule has 0 fully saturated rings. The van der Waals surface area contributed by atoms with Gasteiger partial charge in [0.1, 0.15) is 18.1 Å². The second kappa shape index (κ2) is 10.9. The molecule has 23 heavy (non-hydrogen) atoms. The first-order chi connectivity index (χ1) is 10.8. The van der Waals surface area contributed by atoms with Crippen LogP contribution in [0.4, 0.5) is 0 Å². The first-order valence-corrected chi connectivity index (χ1v) is 7.27.